The summed E-state index contributed by atoms with van der Waals surface area (Å²) in [4.78, 5) is 1.47. The van der Waals surface area contributed by atoms with Crippen molar-refractivity contribution in [2.75, 3.05) is 0 Å². The smallest absolute Gasteiger partial charge is 0.177 e. The first-order valence-electron chi connectivity index (χ1n) is 5.37. The second-order valence-electron chi connectivity index (χ2n) is 4.00. The van der Waals surface area contributed by atoms with Crippen LogP contribution in [-0.4, -0.2) is 20.2 Å². The molecule has 82 valence electrons. The largest absolute Gasteiger partial charge is 0.198 e. The molecule has 1 aliphatic rings. The number of tetrazole rings is 1. The van der Waals surface area contributed by atoms with Gasteiger partial charge in [-0.1, -0.05) is 0 Å². The molecule has 1 fully saturated rings. The highest BCUT2D eigenvalue weighted by atomic mass is 15.6. The number of nitriles is 2. The van der Waals surface area contributed by atoms with Crippen LogP contribution >= 0.6 is 0 Å². The lowest BCUT2D eigenvalue weighted by Crippen LogP contribution is -2.12. The van der Waals surface area contributed by atoms with Crippen LogP contribution in [0.25, 0.3) is 0 Å². The zero-order valence-corrected chi connectivity index (χ0v) is 8.87. The molecule has 1 atom stereocenters. The van der Waals surface area contributed by atoms with Crippen molar-refractivity contribution in [2.24, 2.45) is 5.92 Å². The van der Waals surface area contributed by atoms with Gasteiger partial charge in [-0.2, -0.15) is 15.3 Å². The van der Waals surface area contributed by atoms with Crippen molar-refractivity contribution in [1.82, 2.24) is 20.2 Å². The van der Waals surface area contributed by atoms with Gasteiger partial charge in [0.2, 0.25) is 0 Å². The Kier molecular flexibility index (Phi) is 3.11. The second-order valence-corrected chi connectivity index (χ2v) is 4.00. The van der Waals surface area contributed by atoms with E-state index in [0.717, 1.165) is 18.7 Å². The fourth-order valence-corrected chi connectivity index (χ4v) is 1.47. The Labute approximate surface area is 93.5 Å². The molecule has 1 aromatic rings. The van der Waals surface area contributed by atoms with Crippen molar-refractivity contribution in [3.63, 3.8) is 0 Å². The van der Waals surface area contributed by atoms with E-state index in [1.807, 2.05) is 6.07 Å². The number of hydrogen-bond acceptors (Lipinski definition) is 5. The van der Waals surface area contributed by atoms with Gasteiger partial charge in [0, 0.05) is 12.3 Å². The first kappa shape index (κ1) is 10.6. The van der Waals surface area contributed by atoms with E-state index in [4.69, 9.17) is 10.5 Å². The number of nitrogens with zero attached hydrogens (tertiary/aromatic N) is 6. The van der Waals surface area contributed by atoms with E-state index in [1.165, 1.54) is 4.80 Å². The summed E-state index contributed by atoms with van der Waals surface area (Å²) >= 11 is 0. The molecule has 16 heavy (non-hydrogen) atoms. The summed E-state index contributed by atoms with van der Waals surface area (Å²) in [6, 6.07) is 4.19. The molecule has 1 unspecified atom stereocenters. The molecule has 0 amide bonds. The van der Waals surface area contributed by atoms with Gasteiger partial charge in [-0.15, -0.1) is 10.2 Å². The molecule has 0 spiro atoms. The third-order valence-corrected chi connectivity index (χ3v) is 2.58. The van der Waals surface area contributed by atoms with Crippen LogP contribution in [0.4, 0.5) is 0 Å². The molecule has 1 aliphatic carbocycles. The van der Waals surface area contributed by atoms with Crippen LogP contribution in [0, 0.1) is 28.6 Å². The van der Waals surface area contributed by atoms with Crippen LogP contribution < -0.4 is 0 Å². The average Bonchev–Trinajstić information content (AvgIpc) is 3.05. The van der Waals surface area contributed by atoms with E-state index in [-0.39, 0.29) is 5.92 Å². The normalized spacial score (nSPS) is 16.4. The summed E-state index contributed by atoms with van der Waals surface area (Å²) in [6.07, 6.45) is 3.24. The van der Waals surface area contributed by atoms with Crippen LogP contribution in [-0.2, 0) is 6.54 Å². The summed E-state index contributed by atoms with van der Waals surface area (Å²) in [5.74, 6) is 1.06. The van der Waals surface area contributed by atoms with Gasteiger partial charge in [-0.3, -0.25) is 0 Å². The quantitative estimate of drug-likeness (QED) is 0.732. The summed E-state index contributed by atoms with van der Waals surface area (Å²) in [6.45, 7) is 0.428. The minimum absolute atomic E-state index is 0.207. The van der Waals surface area contributed by atoms with Gasteiger partial charge < -0.3 is 0 Å². The Morgan fingerprint density at radius 2 is 2.25 bits per heavy atom. The highest BCUT2D eigenvalue weighted by Gasteiger charge is 2.28. The van der Waals surface area contributed by atoms with E-state index in [9.17, 15) is 0 Å². The van der Waals surface area contributed by atoms with Gasteiger partial charge >= 0.3 is 0 Å². The van der Waals surface area contributed by atoms with Crippen LogP contribution in [0.5, 0.6) is 0 Å². The lowest BCUT2D eigenvalue weighted by Gasteiger charge is -2.03. The van der Waals surface area contributed by atoms with Crippen LogP contribution in [0.15, 0.2) is 0 Å². The predicted octanol–water partition coefficient (Wildman–Crippen LogP) is 0.994. The molecule has 0 saturated heterocycles. The first-order chi connectivity index (χ1) is 7.83. The van der Waals surface area contributed by atoms with Crippen molar-refractivity contribution in [3.05, 3.63) is 5.82 Å². The lowest BCUT2D eigenvalue weighted by molar-refractivity contribution is 0.426. The van der Waals surface area contributed by atoms with Crippen molar-refractivity contribution < 1.29 is 0 Å². The van der Waals surface area contributed by atoms with E-state index < -0.39 is 0 Å². The minimum Gasteiger partial charge on any atom is -0.198 e. The molecule has 0 radical (unpaired) electrons. The van der Waals surface area contributed by atoms with Crippen LogP contribution in [0.3, 0.4) is 0 Å². The molecular weight excluding hydrogens is 204 g/mol. The molecule has 1 saturated carbocycles. The Morgan fingerprint density at radius 3 is 2.88 bits per heavy atom. The molecular formula is C10H12N6. The number of aromatic nitrogens is 4. The molecule has 6 nitrogen and oxygen atoms in total. The van der Waals surface area contributed by atoms with Gasteiger partial charge in [-0.05, 0) is 24.5 Å². The third-order valence-electron chi connectivity index (χ3n) is 2.58. The molecule has 1 heterocycles. The van der Waals surface area contributed by atoms with E-state index in [0.29, 0.717) is 25.3 Å². The van der Waals surface area contributed by atoms with Gasteiger partial charge in [0.1, 0.15) is 0 Å². The Hall–Kier alpha value is -1.95. The Balaban J connectivity index is 1.91. The zero-order chi connectivity index (χ0) is 11.4. The van der Waals surface area contributed by atoms with Crippen LogP contribution in [0.2, 0.25) is 0 Å². The summed E-state index contributed by atoms with van der Waals surface area (Å²) in [5.41, 5.74) is 0. The third kappa shape index (κ3) is 2.54. The Bertz CT molecular complexity index is 433. The van der Waals surface area contributed by atoms with Crippen LogP contribution in [0.1, 0.15) is 37.4 Å². The summed E-state index contributed by atoms with van der Waals surface area (Å²) in [7, 11) is 0. The fraction of sp³-hybridized carbons (Fsp3) is 0.700. The molecule has 0 aliphatic heterocycles. The second kappa shape index (κ2) is 4.71. The number of hydrogen-bond donors (Lipinski definition) is 0. The average molecular weight is 216 g/mol. The van der Waals surface area contributed by atoms with Crippen molar-refractivity contribution in [1.29, 1.82) is 10.5 Å². The van der Waals surface area contributed by atoms with E-state index in [2.05, 4.69) is 21.5 Å². The summed E-state index contributed by atoms with van der Waals surface area (Å²) < 4.78 is 0. The predicted molar refractivity (Wildman–Crippen MR) is 53.7 cm³/mol. The van der Waals surface area contributed by atoms with Crippen molar-refractivity contribution in [3.8, 4) is 12.1 Å². The maximum atomic E-state index is 8.89. The highest BCUT2D eigenvalue weighted by Crippen LogP contribution is 2.37. The molecule has 0 bridgehead atoms. The van der Waals surface area contributed by atoms with Crippen molar-refractivity contribution >= 4 is 0 Å². The van der Waals surface area contributed by atoms with E-state index in [1.54, 1.807) is 0 Å². The molecule has 6 heteroatoms. The molecule has 0 aromatic carbocycles. The molecule has 1 aromatic heterocycles. The van der Waals surface area contributed by atoms with E-state index >= 15 is 0 Å². The molecule has 2 rings (SSSR count). The minimum atomic E-state index is -0.207. The molecule has 0 N–H and O–H groups in total. The topological polar surface area (TPSA) is 91.2 Å². The van der Waals surface area contributed by atoms with Gasteiger partial charge in [-0.25, -0.2) is 0 Å². The maximum Gasteiger partial charge on any atom is 0.177 e. The van der Waals surface area contributed by atoms with Crippen molar-refractivity contribution in [2.45, 2.75) is 38.1 Å². The highest BCUT2D eigenvalue weighted by molar-refractivity contribution is 5.00. The van der Waals surface area contributed by atoms with Gasteiger partial charge in [0.25, 0.3) is 0 Å². The fourth-order valence-electron chi connectivity index (χ4n) is 1.47. The first-order valence-corrected chi connectivity index (χ1v) is 5.37. The van der Waals surface area contributed by atoms with Gasteiger partial charge in [0.15, 0.2) is 5.82 Å². The number of rotatable bonds is 5. The lowest BCUT2D eigenvalue weighted by atomic mass is 10.1. The zero-order valence-electron chi connectivity index (χ0n) is 8.87. The standard InChI is InChI=1S/C10H12N6/c11-5-1-2-8(6-12)7-16-14-10(13-15-16)9-3-4-9/h8-9H,1-4,7H2. The maximum absolute atomic E-state index is 8.89. The van der Waals surface area contributed by atoms with Gasteiger partial charge in [0.05, 0.1) is 24.6 Å². The Morgan fingerprint density at radius 1 is 1.44 bits per heavy atom. The summed E-state index contributed by atoms with van der Waals surface area (Å²) in [5, 5.41) is 29.4. The monoisotopic (exact) mass is 216 g/mol. The SMILES string of the molecule is N#CCCC(C#N)Cn1nnc(C2CC2)n1.